The van der Waals surface area contributed by atoms with E-state index < -0.39 is 0 Å². The van der Waals surface area contributed by atoms with E-state index >= 15 is 0 Å². The summed E-state index contributed by atoms with van der Waals surface area (Å²) >= 11 is 1.71. The Morgan fingerprint density at radius 2 is 2.24 bits per heavy atom. The number of hydrogen-bond acceptors (Lipinski definition) is 7. The van der Waals surface area contributed by atoms with Gasteiger partial charge in [0.25, 0.3) is 0 Å². The van der Waals surface area contributed by atoms with Crippen molar-refractivity contribution in [1.82, 2.24) is 19.9 Å². The molecule has 0 saturated carbocycles. The van der Waals surface area contributed by atoms with Crippen molar-refractivity contribution in [2.24, 2.45) is 0 Å². The molecule has 3 heterocycles. The van der Waals surface area contributed by atoms with Crippen LogP contribution in [0.25, 0.3) is 0 Å². The van der Waals surface area contributed by atoms with Gasteiger partial charge < -0.3 is 10.1 Å². The lowest BCUT2D eigenvalue weighted by Gasteiger charge is -2.32. The molecule has 0 aromatic carbocycles. The fourth-order valence-corrected chi connectivity index (χ4v) is 3.29. The highest BCUT2D eigenvalue weighted by Gasteiger charge is 2.26. The molecular formula is C14H19N5OS. The van der Waals surface area contributed by atoms with Crippen molar-refractivity contribution in [3.05, 3.63) is 34.2 Å². The molecule has 0 spiro atoms. The number of thiazole rings is 1. The number of aryl methyl sites for hydroxylation is 1. The summed E-state index contributed by atoms with van der Waals surface area (Å²) in [5.41, 5.74) is 3.91. The fourth-order valence-electron chi connectivity index (χ4n) is 2.47. The molecule has 1 saturated heterocycles. The average molecular weight is 305 g/mol. The van der Waals surface area contributed by atoms with Gasteiger partial charge in [-0.05, 0) is 6.92 Å². The molecule has 1 aliphatic heterocycles. The number of rotatable bonds is 4. The molecule has 21 heavy (non-hydrogen) atoms. The van der Waals surface area contributed by atoms with E-state index in [9.17, 15) is 0 Å². The van der Waals surface area contributed by atoms with Gasteiger partial charge >= 0.3 is 0 Å². The minimum absolute atomic E-state index is 0.0388. The van der Waals surface area contributed by atoms with Gasteiger partial charge in [-0.3, -0.25) is 9.88 Å². The highest BCUT2D eigenvalue weighted by molar-refractivity contribution is 7.09. The SMILES string of the molecule is CNc1nccnc1C1CN(Cc2scnc2C)CCO1. The van der Waals surface area contributed by atoms with Crippen LogP contribution in [0.5, 0.6) is 0 Å². The normalized spacial score (nSPS) is 19.6. The summed E-state index contributed by atoms with van der Waals surface area (Å²) in [6, 6.07) is 0. The van der Waals surface area contributed by atoms with Crippen molar-refractivity contribution in [3.8, 4) is 0 Å². The van der Waals surface area contributed by atoms with Crippen molar-refractivity contribution in [2.75, 3.05) is 32.1 Å². The van der Waals surface area contributed by atoms with Gasteiger partial charge in [-0.15, -0.1) is 11.3 Å². The average Bonchev–Trinajstić information content (AvgIpc) is 2.93. The van der Waals surface area contributed by atoms with Gasteiger partial charge in [-0.2, -0.15) is 0 Å². The Balaban J connectivity index is 1.72. The first-order chi connectivity index (χ1) is 10.3. The summed E-state index contributed by atoms with van der Waals surface area (Å²) in [6.45, 7) is 5.45. The lowest BCUT2D eigenvalue weighted by molar-refractivity contribution is -0.0345. The van der Waals surface area contributed by atoms with E-state index in [0.29, 0.717) is 6.61 Å². The van der Waals surface area contributed by atoms with E-state index in [2.05, 4.69) is 32.1 Å². The van der Waals surface area contributed by atoms with Crippen LogP contribution in [0.3, 0.4) is 0 Å². The number of nitrogens with one attached hydrogen (secondary N) is 1. The molecular weight excluding hydrogens is 286 g/mol. The summed E-state index contributed by atoms with van der Waals surface area (Å²) in [6.07, 6.45) is 3.37. The van der Waals surface area contributed by atoms with Crippen molar-refractivity contribution in [2.45, 2.75) is 19.6 Å². The standard InChI is InChI=1S/C14H19N5OS/c1-10-12(21-9-18-10)8-19-5-6-20-11(7-19)13-14(15-2)17-4-3-16-13/h3-4,9,11H,5-8H2,1-2H3,(H,15,17). The number of ether oxygens (including phenoxy) is 1. The second kappa shape index (κ2) is 6.46. The number of aromatic nitrogens is 3. The van der Waals surface area contributed by atoms with Crippen molar-refractivity contribution in [1.29, 1.82) is 0 Å². The predicted octanol–water partition coefficient (Wildman–Crippen LogP) is 1.86. The van der Waals surface area contributed by atoms with Gasteiger partial charge in [0.1, 0.15) is 17.6 Å². The molecule has 7 heteroatoms. The molecule has 0 aliphatic carbocycles. The zero-order valence-corrected chi connectivity index (χ0v) is 13.1. The van der Waals surface area contributed by atoms with Crippen molar-refractivity contribution >= 4 is 17.2 Å². The smallest absolute Gasteiger partial charge is 0.150 e. The van der Waals surface area contributed by atoms with Gasteiger partial charge in [0.15, 0.2) is 0 Å². The van der Waals surface area contributed by atoms with Crippen LogP contribution in [0, 0.1) is 6.92 Å². The van der Waals surface area contributed by atoms with Crippen LogP contribution >= 0.6 is 11.3 Å². The third kappa shape index (κ3) is 3.20. The predicted molar refractivity (Wildman–Crippen MR) is 82.4 cm³/mol. The van der Waals surface area contributed by atoms with E-state index in [0.717, 1.165) is 36.8 Å². The Hall–Kier alpha value is -1.57. The summed E-state index contributed by atoms with van der Waals surface area (Å²) < 4.78 is 5.89. The molecule has 0 amide bonds. The molecule has 1 fully saturated rings. The molecule has 1 aliphatic rings. The maximum atomic E-state index is 5.89. The van der Waals surface area contributed by atoms with Crippen molar-refractivity contribution < 1.29 is 4.74 Å². The number of anilines is 1. The van der Waals surface area contributed by atoms with E-state index in [1.165, 1.54) is 4.88 Å². The minimum Gasteiger partial charge on any atom is -0.372 e. The molecule has 1 unspecified atom stereocenters. The van der Waals surface area contributed by atoms with Crippen LogP contribution in [0.1, 0.15) is 22.4 Å². The molecule has 112 valence electrons. The minimum atomic E-state index is -0.0388. The lowest BCUT2D eigenvalue weighted by atomic mass is 10.2. The second-order valence-electron chi connectivity index (χ2n) is 5.00. The van der Waals surface area contributed by atoms with Crippen LogP contribution in [0.2, 0.25) is 0 Å². The van der Waals surface area contributed by atoms with Crippen molar-refractivity contribution in [3.63, 3.8) is 0 Å². The first-order valence-electron chi connectivity index (χ1n) is 6.99. The quantitative estimate of drug-likeness (QED) is 0.930. The maximum Gasteiger partial charge on any atom is 0.150 e. The van der Waals surface area contributed by atoms with Crippen LogP contribution in [-0.4, -0.2) is 46.6 Å². The molecule has 2 aromatic heterocycles. The maximum absolute atomic E-state index is 5.89. The van der Waals surface area contributed by atoms with Crippen LogP contribution < -0.4 is 5.32 Å². The Bertz CT molecular complexity index is 603. The summed E-state index contributed by atoms with van der Waals surface area (Å²) in [5, 5.41) is 3.08. The molecule has 2 aromatic rings. The molecule has 1 N–H and O–H groups in total. The lowest BCUT2D eigenvalue weighted by Crippen LogP contribution is -2.38. The summed E-state index contributed by atoms with van der Waals surface area (Å²) in [4.78, 5) is 16.8. The van der Waals surface area contributed by atoms with Crippen LogP contribution in [0.15, 0.2) is 17.9 Å². The Labute approximate surface area is 128 Å². The number of hydrogen-bond donors (Lipinski definition) is 1. The third-order valence-corrected chi connectivity index (χ3v) is 4.55. The second-order valence-corrected chi connectivity index (χ2v) is 5.94. The number of nitrogens with zero attached hydrogens (tertiary/aromatic N) is 4. The van der Waals surface area contributed by atoms with E-state index in [4.69, 9.17) is 4.74 Å². The molecule has 3 rings (SSSR count). The molecule has 1 atom stereocenters. The topological polar surface area (TPSA) is 63.2 Å². The molecule has 0 bridgehead atoms. The number of morpholine rings is 1. The van der Waals surface area contributed by atoms with E-state index in [1.54, 1.807) is 23.7 Å². The highest BCUT2D eigenvalue weighted by atomic mass is 32.1. The van der Waals surface area contributed by atoms with E-state index in [1.807, 2.05) is 12.6 Å². The van der Waals surface area contributed by atoms with Gasteiger partial charge in [-0.25, -0.2) is 9.97 Å². The summed E-state index contributed by atoms with van der Waals surface area (Å²) in [5.74, 6) is 0.790. The summed E-state index contributed by atoms with van der Waals surface area (Å²) in [7, 11) is 1.86. The monoisotopic (exact) mass is 305 g/mol. The van der Waals surface area contributed by atoms with Gasteiger partial charge in [0, 0.05) is 44.0 Å². The zero-order valence-electron chi connectivity index (χ0n) is 12.2. The Kier molecular flexibility index (Phi) is 4.42. The Morgan fingerprint density at radius 3 is 3.00 bits per heavy atom. The van der Waals surface area contributed by atoms with Gasteiger partial charge in [-0.1, -0.05) is 0 Å². The zero-order chi connectivity index (χ0) is 14.7. The van der Waals surface area contributed by atoms with Crippen LogP contribution in [0.4, 0.5) is 5.82 Å². The first-order valence-corrected chi connectivity index (χ1v) is 7.87. The van der Waals surface area contributed by atoms with Gasteiger partial charge in [0.05, 0.1) is 17.8 Å². The molecule has 0 radical (unpaired) electrons. The fraction of sp³-hybridized carbons (Fsp3) is 0.500. The first kappa shape index (κ1) is 14.4. The Morgan fingerprint density at radius 1 is 1.38 bits per heavy atom. The van der Waals surface area contributed by atoms with Gasteiger partial charge in [0.2, 0.25) is 0 Å². The largest absolute Gasteiger partial charge is 0.372 e. The van der Waals surface area contributed by atoms with Crippen LogP contribution in [-0.2, 0) is 11.3 Å². The third-order valence-electron chi connectivity index (χ3n) is 3.63. The molecule has 6 nitrogen and oxygen atoms in total. The van der Waals surface area contributed by atoms with E-state index in [-0.39, 0.29) is 6.10 Å². The highest BCUT2D eigenvalue weighted by Crippen LogP contribution is 2.26.